The average Bonchev–Trinajstić information content (AvgIpc) is 3.25. The van der Waals surface area contributed by atoms with Gasteiger partial charge in [0.05, 0.1) is 11.1 Å². The highest BCUT2D eigenvalue weighted by atomic mass is 16.6. The molecule has 0 unspecified atom stereocenters. The third-order valence-electron chi connectivity index (χ3n) is 7.96. The van der Waals surface area contributed by atoms with E-state index in [0.29, 0.717) is 5.56 Å². The minimum atomic E-state index is -1.17. The molecule has 1 aliphatic heterocycles. The highest BCUT2D eigenvalue weighted by Gasteiger charge is 2.46. The molecule has 3 aromatic carbocycles. The Morgan fingerprint density at radius 2 is 1.02 bits per heavy atom. The first-order valence-electron chi connectivity index (χ1n) is 15.7. The lowest BCUT2D eigenvalue weighted by Gasteiger charge is -2.32. The maximum absolute atomic E-state index is 12.9. The number of esters is 1. The number of carbonyl (C=O) groups excluding carboxylic acids is 1. The van der Waals surface area contributed by atoms with Gasteiger partial charge in [0.15, 0.2) is 0 Å². The Hall–Kier alpha value is -3.27. The third kappa shape index (κ3) is 8.36. The van der Waals surface area contributed by atoms with Crippen LogP contribution in [0.4, 0.5) is 11.4 Å². The molecule has 0 atom stereocenters. The van der Waals surface area contributed by atoms with Gasteiger partial charge in [-0.1, -0.05) is 121 Å². The number of hydrogen-bond acceptors (Lipinski definition) is 4. The lowest BCUT2D eigenvalue weighted by molar-refractivity contribution is 0.0170. The van der Waals surface area contributed by atoms with E-state index in [2.05, 4.69) is 73.0 Å². The molecule has 2 N–H and O–H groups in total. The van der Waals surface area contributed by atoms with Gasteiger partial charge in [-0.15, -0.1) is 0 Å². The second-order valence-corrected chi connectivity index (χ2v) is 11.3. The fourth-order valence-corrected chi connectivity index (χ4v) is 5.57. The molecule has 0 aromatic heterocycles. The van der Waals surface area contributed by atoms with Crippen molar-refractivity contribution in [3.05, 3.63) is 95.1 Å². The summed E-state index contributed by atoms with van der Waals surface area (Å²) >= 11 is 0. The van der Waals surface area contributed by atoms with Gasteiger partial charge in [0.25, 0.3) is 5.85 Å². The number of cyclic esters (lactones) is 1. The molecule has 3 aromatic rings. The number of benzene rings is 3. The van der Waals surface area contributed by atoms with Crippen LogP contribution in [-0.4, -0.2) is 5.97 Å². The zero-order valence-electron chi connectivity index (χ0n) is 24.6. The quantitative estimate of drug-likeness (QED) is 0.0957. The van der Waals surface area contributed by atoms with E-state index >= 15 is 0 Å². The topological polar surface area (TPSA) is 50.4 Å². The van der Waals surface area contributed by atoms with Crippen LogP contribution in [0.3, 0.4) is 0 Å². The van der Waals surface area contributed by atoms with E-state index in [0.717, 1.165) is 29.8 Å². The van der Waals surface area contributed by atoms with Gasteiger partial charge in [0.2, 0.25) is 0 Å². The van der Waals surface area contributed by atoms with Gasteiger partial charge >= 0.3 is 5.97 Å². The minimum absolute atomic E-state index is 0.324. The lowest BCUT2D eigenvalue weighted by Crippen LogP contribution is -2.43. The van der Waals surface area contributed by atoms with Crippen LogP contribution in [0.5, 0.6) is 0 Å². The number of rotatable bonds is 18. The van der Waals surface area contributed by atoms with E-state index in [1.54, 1.807) is 0 Å². The summed E-state index contributed by atoms with van der Waals surface area (Å²) in [5, 5.41) is 7.05. The number of fused-ring (bicyclic) bond motifs is 1. The summed E-state index contributed by atoms with van der Waals surface area (Å²) in [5.74, 6) is -1.50. The third-order valence-corrected chi connectivity index (χ3v) is 7.96. The lowest BCUT2D eigenvalue weighted by atomic mass is 10.0. The first-order chi connectivity index (χ1) is 19.6. The number of anilines is 2. The summed E-state index contributed by atoms with van der Waals surface area (Å²) in [6.07, 6.45) is 17.8. The first-order valence-corrected chi connectivity index (χ1v) is 15.7. The molecular formula is C36H48N2O2. The van der Waals surface area contributed by atoms with E-state index in [1.807, 2.05) is 24.3 Å². The fraction of sp³-hybridized carbons (Fsp3) is 0.472. The summed E-state index contributed by atoms with van der Waals surface area (Å²) in [6, 6.07) is 24.7. The molecule has 40 heavy (non-hydrogen) atoms. The number of aryl methyl sites for hydroxylation is 2. The van der Waals surface area contributed by atoms with Crippen LogP contribution in [0.25, 0.3) is 0 Å². The van der Waals surface area contributed by atoms with E-state index in [9.17, 15) is 4.79 Å². The van der Waals surface area contributed by atoms with Crippen molar-refractivity contribution in [2.45, 2.75) is 110 Å². The van der Waals surface area contributed by atoms with Gasteiger partial charge in [-0.05, 0) is 67.1 Å². The van der Waals surface area contributed by atoms with Crippen LogP contribution in [0.15, 0.2) is 72.8 Å². The first kappa shape index (κ1) is 29.7. The summed E-state index contributed by atoms with van der Waals surface area (Å²) in [7, 11) is 0. The smallest absolute Gasteiger partial charge is 0.342 e. The zero-order valence-corrected chi connectivity index (χ0v) is 24.6. The van der Waals surface area contributed by atoms with Gasteiger partial charge < -0.3 is 15.4 Å². The van der Waals surface area contributed by atoms with Crippen LogP contribution in [0, 0.1) is 0 Å². The molecule has 0 bridgehead atoms. The van der Waals surface area contributed by atoms with Crippen molar-refractivity contribution in [3.63, 3.8) is 0 Å². The highest BCUT2D eigenvalue weighted by Crippen LogP contribution is 2.38. The number of unbranched alkanes of at least 4 members (excludes halogenated alkanes) is 10. The van der Waals surface area contributed by atoms with Crippen LogP contribution >= 0.6 is 0 Å². The van der Waals surface area contributed by atoms with Crippen LogP contribution in [0.1, 0.15) is 118 Å². The molecule has 4 rings (SSSR count). The SMILES string of the molecule is CCCCCCCCc1ccc(NC2(Nc3ccc(CCCCCCCC)cc3)OC(=O)c3ccccc32)cc1. The summed E-state index contributed by atoms with van der Waals surface area (Å²) in [6.45, 7) is 4.52. The van der Waals surface area contributed by atoms with Gasteiger partial charge in [-0.25, -0.2) is 4.79 Å². The molecule has 0 fully saturated rings. The summed E-state index contributed by atoms with van der Waals surface area (Å²) in [5.41, 5.74) is 5.88. The van der Waals surface area contributed by atoms with E-state index < -0.39 is 5.85 Å². The van der Waals surface area contributed by atoms with Crippen LogP contribution in [-0.2, 0) is 23.4 Å². The number of nitrogens with one attached hydrogen (secondary N) is 2. The van der Waals surface area contributed by atoms with Crippen molar-refractivity contribution >= 4 is 17.3 Å². The Bertz CT molecular complexity index is 1110. The summed E-state index contributed by atoms with van der Waals surface area (Å²) in [4.78, 5) is 12.9. The molecule has 0 radical (unpaired) electrons. The van der Waals surface area contributed by atoms with E-state index in [1.165, 1.54) is 88.2 Å². The summed E-state index contributed by atoms with van der Waals surface area (Å²) < 4.78 is 6.05. The Kier molecular flexibility index (Phi) is 11.5. The Labute approximate surface area is 241 Å². The molecule has 0 saturated heterocycles. The second kappa shape index (κ2) is 15.5. The molecule has 4 nitrogen and oxygen atoms in total. The molecule has 0 aliphatic carbocycles. The van der Waals surface area contributed by atoms with Gasteiger partial charge in [0.1, 0.15) is 0 Å². The minimum Gasteiger partial charge on any atom is -0.412 e. The molecule has 1 heterocycles. The van der Waals surface area contributed by atoms with Crippen molar-refractivity contribution in [1.82, 2.24) is 0 Å². The predicted octanol–water partition coefficient (Wildman–Crippen LogP) is 10.00. The Morgan fingerprint density at radius 1 is 0.575 bits per heavy atom. The maximum Gasteiger partial charge on any atom is 0.342 e. The standard InChI is InChI=1S/C36H48N2O2/c1-3-5-7-9-11-13-17-29-21-25-31(26-22-29)37-36(34-20-16-15-19-33(34)35(39)40-36)38-32-27-23-30(24-28-32)18-14-12-10-8-6-4-2/h15-16,19-28,37-38H,3-14,17-18H2,1-2H3. The van der Waals surface area contributed by atoms with Crippen molar-refractivity contribution in [2.75, 3.05) is 10.6 Å². The number of carbonyl (C=O) groups is 1. The Balaban J connectivity index is 1.41. The molecule has 4 heteroatoms. The number of hydrogen-bond donors (Lipinski definition) is 2. The van der Waals surface area contributed by atoms with Crippen molar-refractivity contribution in [2.24, 2.45) is 0 Å². The van der Waals surface area contributed by atoms with Crippen molar-refractivity contribution < 1.29 is 9.53 Å². The normalized spacial score (nSPS) is 13.6. The van der Waals surface area contributed by atoms with Gasteiger partial charge in [-0.3, -0.25) is 0 Å². The van der Waals surface area contributed by atoms with E-state index in [4.69, 9.17) is 4.74 Å². The molecule has 0 spiro atoms. The van der Waals surface area contributed by atoms with Crippen molar-refractivity contribution in [3.8, 4) is 0 Å². The monoisotopic (exact) mass is 540 g/mol. The number of ether oxygens (including phenoxy) is 1. The van der Waals surface area contributed by atoms with Crippen LogP contribution in [0.2, 0.25) is 0 Å². The Morgan fingerprint density at radius 3 is 1.52 bits per heavy atom. The van der Waals surface area contributed by atoms with Gasteiger partial charge in [0, 0.05) is 11.4 Å². The molecule has 214 valence electrons. The second-order valence-electron chi connectivity index (χ2n) is 11.3. The molecule has 1 aliphatic rings. The average molecular weight is 541 g/mol. The zero-order chi connectivity index (χ0) is 28.0. The maximum atomic E-state index is 12.9. The van der Waals surface area contributed by atoms with Crippen LogP contribution < -0.4 is 10.6 Å². The molecule has 0 saturated carbocycles. The van der Waals surface area contributed by atoms with Gasteiger partial charge in [-0.2, -0.15) is 0 Å². The fourth-order valence-electron chi connectivity index (χ4n) is 5.57. The largest absolute Gasteiger partial charge is 0.412 e. The molecular weight excluding hydrogens is 492 g/mol. The predicted molar refractivity (Wildman–Crippen MR) is 168 cm³/mol. The highest BCUT2D eigenvalue weighted by molar-refractivity contribution is 5.95. The van der Waals surface area contributed by atoms with E-state index in [-0.39, 0.29) is 5.97 Å². The molecule has 0 amide bonds. The van der Waals surface area contributed by atoms with Crippen molar-refractivity contribution in [1.29, 1.82) is 0 Å².